The van der Waals surface area contributed by atoms with Gasteiger partial charge in [0.25, 0.3) is 10.1 Å². The summed E-state index contributed by atoms with van der Waals surface area (Å²) in [4.78, 5) is 40.7. The molecule has 0 aliphatic carbocycles. The third-order valence-corrected chi connectivity index (χ3v) is 8.65. The number of rotatable bonds is 29. The van der Waals surface area contributed by atoms with E-state index in [0.29, 0.717) is 19.3 Å². The summed E-state index contributed by atoms with van der Waals surface area (Å²) in [5, 5.41) is 0. The van der Waals surface area contributed by atoms with E-state index in [1.165, 1.54) is 19.3 Å². The molecule has 0 aromatic heterocycles. The van der Waals surface area contributed by atoms with Gasteiger partial charge in [0, 0.05) is 19.3 Å². The Morgan fingerprint density at radius 1 is 0.462 bits per heavy atom. The van der Waals surface area contributed by atoms with Crippen LogP contribution in [0.4, 0.5) is 0 Å². The van der Waals surface area contributed by atoms with Gasteiger partial charge in [-0.05, 0) is 19.3 Å². The molecule has 0 spiro atoms. The molecule has 0 unspecified atom stereocenters. The predicted octanol–water partition coefficient (Wildman–Crippen LogP) is 8.99. The van der Waals surface area contributed by atoms with Gasteiger partial charge in [-0.25, -0.2) is 0 Å². The summed E-state index contributed by atoms with van der Waals surface area (Å²) >= 11 is 0. The van der Waals surface area contributed by atoms with E-state index in [-0.39, 0.29) is 19.3 Å². The van der Waals surface area contributed by atoms with E-state index in [1.807, 2.05) is 0 Å². The molecule has 0 radical (unpaired) electrons. The highest BCUT2D eigenvalue weighted by Gasteiger charge is 2.52. The van der Waals surface area contributed by atoms with Crippen molar-refractivity contribution in [3.8, 4) is 0 Å². The minimum Gasteiger partial charge on any atom is -0.298 e. The van der Waals surface area contributed by atoms with Crippen molar-refractivity contribution in [3.05, 3.63) is 0 Å². The Labute approximate surface area is 240 Å². The van der Waals surface area contributed by atoms with Gasteiger partial charge in [-0.2, -0.15) is 8.42 Å². The van der Waals surface area contributed by atoms with E-state index >= 15 is 0 Å². The molecule has 0 heterocycles. The van der Waals surface area contributed by atoms with Gasteiger partial charge >= 0.3 is 0 Å². The maximum Gasteiger partial charge on any atom is 0.266 e. The highest BCUT2D eigenvalue weighted by Crippen LogP contribution is 2.32. The average molecular weight is 573 g/mol. The summed E-state index contributed by atoms with van der Waals surface area (Å²) in [6.45, 7) is 6.46. The number of hydrogen-bond donors (Lipinski definition) is 1. The third kappa shape index (κ3) is 18.1. The van der Waals surface area contributed by atoms with Crippen molar-refractivity contribution >= 4 is 27.5 Å². The zero-order valence-corrected chi connectivity index (χ0v) is 26.4. The fourth-order valence-corrected chi connectivity index (χ4v) is 6.38. The van der Waals surface area contributed by atoms with Crippen LogP contribution in [0.3, 0.4) is 0 Å². The first-order valence-corrected chi connectivity index (χ1v) is 17.8. The van der Waals surface area contributed by atoms with Crippen molar-refractivity contribution in [2.75, 3.05) is 5.75 Å². The molecule has 0 aliphatic rings. The van der Waals surface area contributed by atoms with Crippen LogP contribution in [0.5, 0.6) is 0 Å². The Hall–Kier alpha value is -1.08. The molecule has 39 heavy (non-hydrogen) atoms. The SMILES string of the molecule is CCCCCCCCCC(=O)C(CS(=O)(=O)O)(C(=O)CCCCCCCCC)C(=O)CCCCCCCCC. The van der Waals surface area contributed by atoms with Crippen LogP contribution >= 0.6 is 0 Å². The molecule has 6 nitrogen and oxygen atoms in total. The summed E-state index contributed by atoms with van der Waals surface area (Å²) in [5.41, 5.74) is -2.26. The van der Waals surface area contributed by atoms with Crippen molar-refractivity contribution in [3.63, 3.8) is 0 Å². The average Bonchev–Trinajstić information content (AvgIpc) is 2.89. The van der Waals surface area contributed by atoms with Gasteiger partial charge in [0.1, 0.15) is 5.75 Å². The molecule has 7 heteroatoms. The number of unbranched alkanes of at least 4 members (excludes halogenated alkanes) is 18. The molecule has 0 rings (SSSR count). The Balaban J connectivity index is 5.43. The van der Waals surface area contributed by atoms with Crippen molar-refractivity contribution in [2.24, 2.45) is 5.41 Å². The van der Waals surface area contributed by atoms with Gasteiger partial charge in [-0.15, -0.1) is 0 Å². The zero-order valence-electron chi connectivity index (χ0n) is 25.6. The minimum absolute atomic E-state index is 0.00515. The Morgan fingerprint density at radius 2 is 0.692 bits per heavy atom. The fourth-order valence-electron chi connectivity index (χ4n) is 5.35. The second-order valence-corrected chi connectivity index (χ2v) is 13.0. The standard InChI is InChI=1S/C32H60O6S/c1-4-7-10-13-16-19-22-25-29(33)32(28-39(36,37)38,30(34)26-23-20-17-14-11-8-5-2)31(35)27-24-21-18-15-12-9-6-3/h4-28H2,1-3H3,(H,36,37,38). The fraction of sp³-hybridized carbons (Fsp3) is 0.906. The summed E-state index contributed by atoms with van der Waals surface area (Å²) < 4.78 is 34.0. The first-order chi connectivity index (χ1) is 18.7. The quantitative estimate of drug-likeness (QED) is 0.0544. The van der Waals surface area contributed by atoms with Crippen LogP contribution in [0.1, 0.15) is 175 Å². The van der Waals surface area contributed by atoms with Gasteiger partial charge in [-0.1, -0.05) is 136 Å². The van der Waals surface area contributed by atoms with Gasteiger partial charge in [0.2, 0.25) is 0 Å². The Bertz CT molecular complexity index is 685. The molecule has 0 aromatic rings. The van der Waals surface area contributed by atoms with Crippen LogP contribution in [0.2, 0.25) is 0 Å². The van der Waals surface area contributed by atoms with Crippen molar-refractivity contribution < 1.29 is 27.4 Å². The number of ketones is 3. The van der Waals surface area contributed by atoms with Crippen molar-refractivity contribution in [1.82, 2.24) is 0 Å². The lowest BCUT2D eigenvalue weighted by atomic mass is 9.72. The van der Waals surface area contributed by atoms with E-state index in [1.54, 1.807) is 0 Å². The topological polar surface area (TPSA) is 106 Å². The molecule has 0 aromatic carbocycles. The molecule has 0 atom stereocenters. The second kappa shape index (κ2) is 23.6. The van der Waals surface area contributed by atoms with Gasteiger partial charge in [-0.3, -0.25) is 18.9 Å². The van der Waals surface area contributed by atoms with E-state index < -0.39 is 38.6 Å². The molecule has 0 bridgehead atoms. The van der Waals surface area contributed by atoms with Crippen LogP contribution in [0.15, 0.2) is 0 Å². The third-order valence-electron chi connectivity index (χ3n) is 7.85. The lowest BCUT2D eigenvalue weighted by Gasteiger charge is -2.29. The summed E-state index contributed by atoms with van der Waals surface area (Å²) in [5.74, 6) is -2.96. The van der Waals surface area contributed by atoms with Crippen LogP contribution in [0.25, 0.3) is 0 Å². The molecule has 0 saturated heterocycles. The van der Waals surface area contributed by atoms with E-state index in [4.69, 9.17) is 0 Å². The highest BCUT2D eigenvalue weighted by molar-refractivity contribution is 7.85. The highest BCUT2D eigenvalue weighted by atomic mass is 32.2. The van der Waals surface area contributed by atoms with Crippen LogP contribution in [0, 0.1) is 5.41 Å². The Morgan fingerprint density at radius 3 is 0.923 bits per heavy atom. The van der Waals surface area contributed by atoms with Crippen molar-refractivity contribution in [2.45, 2.75) is 175 Å². The van der Waals surface area contributed by atoms with E-state index in [0.717, 1.165) is 96.3 Å². The Kier molecular flexibility index (Phi) is 23.0. The lowest BCUT2D eigenvalue weighted by Crippen LogP contribution is -2.51. The minimum atomic E-state index is -4.72. The summed E-state index contributed by atoms with van der Waals surface area (Å²) in [6.07, 6.45) is 20.5. The lowest BCUT2D eigenvalue weighted by molar-refractivity contribution is -0.148. The van der Waals surface area contributed by atoms with E-state index in [9.17, 15) is 27.4 Å². The molecule has 0 saturated carbocycles. The largest absolute Gasteiger partial charge is 0.298 e. The van der Waals surface area contributed by atoms with Crippen LogP contribution < -0.4 is 0 Å². The number of Topliss-reactive ketones (excluding diaryl/α,β-unsaturated/α-hetero) is 3. The first kappa shape index (κ1) is 37.9. The number of carbonyl (C=O) groups is 3. The molecular formula is C32H60O6S. The van der Waals surface area contributed by atoms with Crippen LogP contribution in [-0.4, -0.2) is 36.1 Å². The van der Waals surface area contributed by atoms with Gasteiger partial charge in [0.15, 0.2) is 22.8 Å². The maximum absolute atomic E-state index is 13.6. The predicted molar refractivity (Wildman–Crippen MR) is 162 cm³/mol. The zero-order chi connectivity index (χ0) is 29.4. The van der Waals surface area contributed by atoms with Crippen molar-refractivity contribution in [1.29, 1.82) is 0 Å². The number of carbonyl (C=O) groups excluding carboxylic acids is 3. The number of hydrogen-bond acceptors (Lipinski definition) is 5. The second-order valence-electron chi connectivity index (χ2n) is 11.5. The smallest absolute Gasteiger partial charge is 0.266 e. The normalized spacial score (nSPS) is 12.1. The molecule has 1 N–H and O–H groups in total. The maximum atomic E-state index is 13.6. The summed E-state index contributed by atoms with van der Waals surface area (Å²) in [7, 11) is -4.72. The van der Waals surface area contributed by atoms with Gasteiger partial charge in [0.05, 0.1) is 0 Å². The molecule has 230 valence electrons. The summed E-state index contributed by atoms with van der Waals surface area (Å²) in [6, 6.07) is 0. The molecule has 0 fully saturated rings. The van der Waals surface area contributed by atoms with E-state index in [2.05, 4.69) is 20.8 Å². The molecule has 0 aliphatic heterocycles. The monoisotopic (exact) mass is 572 g/mol. The molecule has 0 amide bonds. The van der Waals surface area contributed by atoms with Crippen LogP contribution in [-0.2, 0) is 24.5 Å². The van der Waals surface area contributed by atoms with Gasteiger partial charge < -0.3 is 0 Å². The molecular weight excluding hydrogens is 512 g/mol. The first-order valence-electron chi connectivity index (χ1n) is 16.2.